The molecule has 60 heavy (non-hydrogen) atoms. The first-order valence-corrected chi connectivity index (χ1v) is 26.8. The minimum absolute atomic E-state index is 0.0299. The number of unbranched alkanes of at least 4 members (excludes halogenated alkanes) is 28. The molecule has 0 unspecified atom stereocenters. The van der Waals surface area contributed by atoms with E-state index in [4.69, 9.17) is 0 Å². The van der Waals surface area contributed by atoms with Gasteiger partial charge in [-0.3, -0.25) is 9.59 Å². The summed E-state index contributed by atoms with van der Waals surface area (Å²) in [5.41, 5.74) is 0. The second-order valence-electron chi connectivity index (χ2n) is 18.3. The maximum absolute atomic E-state index is 12.9. The molecular formula is C52H107N5O3. The van der Waals surface area contributed by atoms with Gasteiger partial charge in [0.05, 0.1) is 6.61 Å². The third-order valence-corrected chi connectivity index (χ3v) is 12.5. The van der Waals surface area contributed by atoms with E-state index in [-0.39, 0.29) is 18.4 Å². The maximum atomic E-state index is 12.9. The number of nitrogens with zero attached hydrogens (tertiary/aromatic N) is 3. The summed E-state index contributed by atoms with van der Waals surface area (Å²) in [6.45, 7) is 18.5. The van der Waals surface area contributed by atoms with E-state index >= 15 is 0 Å². The summed E-state index contributed by atoms with van der Waals surface area (Å²) >= 11 is 0. The highest BCUT2D eigenvalue weighted by Crippen LogP contribution is 2.13. The van der Waals surface area contributed by atoms with Crippen LogP contribution in [0, 0.1) is 0 Å². The van der Waals surface area contributed by atoms with Crippen molar-refractivity contribution in [3.8, 4) is 0 Å². The molecule has 0 radical (unpaired) electrons. The maximum Gasteiger partial charge on any atom is 0.221 e. The number of rotatable bonds is 50. The van der Waals surface area contributed by atoms with Gasteiger partial charge in [-0.25, -0.2) is 0 Å². The number of aliphatic hydroxyl groups excluding tert-OH is 1. The van der Waals surface area contributed by atoms with Crippen LogP contribution in [0.15, 0.2) is 0 Å². The van der Waals surface area contributed by atoms with Crippen molar-refractivity contribution in [2.45, 2.75) is 246 Å². The topological polar surface area (TPSA) is 88.1 Å². The lowest BCUT2D eigenvalue weighted by Crippen LogP contribution is -2.39. The van der Waals surface area contributed by atoms with Crippen molar-refractivity contribution in [3.63, 3.8) is 0 Å². The van der Waals surface area contributed by atoms with Gasteiger partial charge in [-0.15, -0.1) is 0 Å². The number of hydrogen-bond donors (Lipinski definition) is 3. The SMILES string of the molecule is CCCCCCCCCCN(CCCCCCCCCC)CCNC(=O)CCN(CCO)CCC(=O)NCCN(CCCCCCCCCC)CCCCCCCCCC. The minimum atomic E-state index is 0.0299. The molecule has 0 aliphatic rings. The van der Waals surface area contributed by atoms with E-state index in [1.54, 1.807) is 0 Å². The predicted molar refractivity (Wildman–Crippen MR) is 262 cm³/mol. The smallest absolute Gasteiger partial charge is 0.221 e. The summed E-state index contributed by atoms with van der Waals surface area (Å²) in [4.78, 5) is 33.1. The van der Waals surface area contributed by atoms with E-state index in [0.29, 0.717) is 45.6 Å². The highest BCUT2D eigenvalue weighted by atomic mass is 16.3. The van der Waals surface area contributed by atoms with E-state index in [2.05, 4.69) is 53.0 Å². The van der Waals surface area contributed by atoms with Gasteiger partial charge in [-0.2, -0.15) is 0 Å². The number of nitrogens with one attached hydrogen (secondary N) is 2. The molecule has 3 N–H and O–H groups in total. The van der Waals surface area contributed by atoms with Crippen LogP contribution >= 0.6 is 0 Å². The number of amides is 2. The van der Waals surface area contributed by atoms with Crippen LogP contribution in [-0.2, 0) is 9.59 Å². The Labute approximate surface area is 375 Å². The molecule has 0 spiro atoms. The number of hydrogen-bond acceptors (Lipinski definition) is 6. The van der Waals surface area contributed by atoms with Crippen molar-refractivity contribution in [1.82, 2.24) is 25.3 Å². The molecule has 0 bridgehead atoms. The summed E-state index contributed by atoms with van der Waals surface area (Å²) in [6, 6.07) is 0. The van der Waals surface area contributed by atoms with E-state index in [9.17, 15) is 14.7 Å². The standard InChI is InChI=1S/C52H107N5O3/c1-5-9-13-17-21-25-29-33-41-55(42-34-30-26-22-18-14-10-6-2)47-39-53-51(59)37-45-57(49-50-58)46-38-52(60)54-40-48-56(43-35-31-27-23-19-15-11-7-3)44-36-32-28-24-20-16-12-8-4/h58H,5-50H2,1-4H3,(H,53,59)(H,54,60). The second-order valence-corrected chi connectivity index (χ2v) is 18.3. The fourth-order valence-electron chi connectivity index (χ4n) is 8.43. The van der Waals surface area contributed by atoms with Gasteiger partial charge < -0.3 is 30.4 Å². The number of aliphatic hydroxyl groups is 1. The second kappa shape index (κ2) is 48.8. The van der Waals surface area contributed by atoms with Crippen molar-refractivity contribution < 1.29 is 14.7 Å². The van der Waals surface area contributed by atoms with Gasteiger partial charge in [-0.05, 0) is 51.9 Å². The largest absolute Gasteiger partial charge is 0.395 e. The van der Waals surface area contributed by atoms with Gasteiger partial charge in [0.1, 0.15) is 0 Å². The molecule has 0 atom stereocenters. The summed E-state index contributed by atoms with van der Waals surface area (Å²) < 4.78 is 0. The van der Waals surface area contributed by atoms with Crippen molar-refractivity contribution in [2.75, 3.05) is 78.6 Å². The van der Waals surface area contributed by atoms with E-state index in [0.717, 1.165) is 39.3 Å². The van der Waals surface area contributed by atoms with Crippen LogP contribution < -0.4 is 10.6 Å². The third kappa shape index (κ3) is 43.4. The summed E-state index contributed by atoms with van der Waals surface area (Å²) in [7, 11) is 0. The average molecular weight is 850 g/mol. The Bertz CT molecular complexity index is 771. The molecule has 0 rings (SSSR count). The molecule has 0 aliphatic carbocycles. The van der Waals surface area contributed by atoms with Crippen LogP contribution in [0.25, 0.3) is 0 Å². The molecule has 2 amide bonds. The Morgan fingerprint density at radius 1 is 0.317 bits per heavy atom. The highest BCUT2D eigenvalue weighted by molar-refractivity contribution is 5.76. The first-order valence-electron chi connectivity index (χ1n) is 26.8. The zero-order valence-corrected chi connectivity index (χ0v) is 41.1. The van der Waals surface area contributed by atoms with Crippen LogP contribution in [0.1, 0.15) is 246 Å². The quantitative estimate of drug-likeness (QED) is 0.0529. The molecule has 358 valence electrons. The molecule has 0 saturated heterocycles. The number of carbonyl (C=O) groups excluding carboxylic acids is 2. The third-order valence-electron chi connectivity index (χ3n) is 12.5. The van der Waals surface area contributed by atoms with Gasteiger partial charge >= 0.3 is 0 Å². The Balaban J connectivity index is 4.62. The first-order chi connectivity index (χ1) is 29.5. The number of carbonyl (C=O) groups is 2. The molecular weight excluding hydrogens is 743 g/mol. The van der Waals surface area contributed by atoms with Crippen LogP contribution in [0.2, 0.25) is 0 Å². The van der Waals surface area contributed by atoms with Crippen molar-refractivity contribution in [2.24, 2.45) is 0 Å². The molecule has 0 aromatic carbocycles. The Morgan fingerprint density at radius 3 is 0.800 bits per heavy atom. The lowest BCUT2D eigenvalue weighted by Gasteiger charge is -2.24. The van der Waals surface area contributed by atoms with Gasteiger partial charge in [0, 0.05) is 58.7 Å². The molecule has 8 heteroatoms. The zero-order valence-electron chi connectivity index (χ0n) is 41.1. The molecule has 0 aromatic heterocycles. The van der Waals surface area contributed by atoms with Crippen molar-refractivity contribution in [3.05, 3.63) is 0 Å². The minimum Gasteiger partial charge on any atom is -0.395 e. The Hall–Kier alpha value is -1.22. The average Bonchev–Trinajstić information content (AvgIpc) is 3.25. The van der Waals surface area contributed by atoms with Crippen molar-refractivity contribution >= 4 is 11.8 Å². The van der Waals surface area contributed by atoms with Gasteiger partial charge in [-0.1, -0.05) is 207 Å². The fraction of sp³-hybridized carbons (Fsp3) is 0.962. The van der Waals surface area contributed by atoms with Gasteiger partial charge in [0.15, 0.2) is 0 Å². The van der Waals surface area contributed by atoms with E-state index in [1.807, 2.05) is 0 Å². The molecule has 0 aliphatic heterocycles. The molecule has 8 nitrogen and oxygen atoms in total. The predicted octanol–water partition coefficient (Wildman–Crippen LogP) is 12.5. The Morgan fingerprint density at radius 2 is 0.550 bits per heavy atom. The van der Waals surface area contributed by atoms with Crippen LogP contribution in [0.3, 0.4) is 0 Å². The van der Waals surface area contributed by atoms with Crippen molar-refractivity contribution in [1.29, 1.82) is 0 Å². The lowest BCUT2D eigenvalue weighted by atomic mass is 10.1. The summed E-state index contributed by atoms with van der Waals surface area (Å²) in [5, 5.41) is 16.1. The lowest BCUT2D eigenvalue weighted by molar-refractivity contribution is -0.121. The molecule has 0 saturated carbocycles. The van der Waals surface area contributed by atoms with Crippen LogP contribution in [0.4, 0.5) is 0 Å². The molecule has 0 aromatic rings. The Kier molecular flexibility index (Phi) is 47.8. The highest BCUT2D eigenvalue weighted by Gasteiger charge is 2.13. The molecule has 0 heterocycles. The van der Waals surface area contributed by atoms with E-state index in [1.165, 1.54) is 205 Å². The van der Waals surface area contributed by atoms with Crippen LogP contribution in [0.5, 0.6) is 0 Å². The normalized spacial score (nSPS) is 11.7. The summed E-state index contributed by atoms with van der Waals surface area (Å²) in [5.74, 6) is 0.129. The summed E-state index contributed by atoms with van der Waals surface area (Å²) in [6.07, 6.45) is 43.6. The van der Waals surface area contributed by atoms with Crippen LogP contribution in [-0.4, -0.2) is 110 Å². The zero-order chi connectivity index (χ0) is 43.8. The monoisotopic (exact) mass is 850 g/mol. The fourth-order valence-corrected chi connectivity index (χ4v) is 8.43. The van der Waals surface area contributed by atoms with E-state index < -0.39 is 0 Å². The first kappa shape index (κ1) is 58.8. The van der Waals surface area contributed by atoms with Gasteiger partial charge in [0.2, 0.25) is 11.8 Å². The van der Waals surface area contributed by atoms with Gasteiger partial charge in [0.25, 0.3) is 0 Å². The molecule has 0 fully saturated rings.